The summed E-state index contributed by atoms with van der Waals surface area (Å²) in [5, 5.41) is 0. The highest BCUT2D eigenvalue weighted by Crippen LogP contribution is 2.37. The van der Waals surface area contributed by atoms with E-state index in [1.807, 2.05) is 35.2 Å². The molecule has 25 heavy (non-hydrogen) atoms. The van der Waals surface area contributed by atoms with Crippen LogP contribution in [0.2, 0.25) is 0 Å². The molecule has 1 aliphatic heterocycles. The lowest BCUT2D eigenvalue weighted by atomic mass is 9.99. The van der Waals surface area contributed by atoms with E-state index in [1.54, 1.807) is 21.3 Å². The minimum atomic E-state index is 0.0250. The first-order valence-corrected chi connectivity index (χ1v) is 8.35. The molecule has 0 N–H and O–H groups in total. The second-order valence-electron chi connectivity index (χ2n) is 5.97. The Labute approximate surface area is 148 Å². The molecule has 0 aromatic heterocycles. The van der Waals surface area contributed by atoms with Gasteiger partial charge in [0.1, 0.15) is 17.2 Å². The summed E-state index contributed by atoms with van der Waals surface area (Å²) in [6, 6.07) is 11.4. The van der Waals surface area contributed by atoms with Crippen LogP contribution < -0.4 is 19.1 Å². The first kappa shape index (κ1) is 17.1. The molecule has 0 fully saturated rings. The minimum absolute atomic E-state index is 0.0250. The maximum absolute atomic E-state index is 13.0. The topological polar surface area (TPSA) is 48.0 Å². The van der Waals surface area contributed by atoms with E-state index in [9.17, 15) is 4.79 Å². The number of amides is 1. The average Bonchev–Trinajstić information content (AvgIpc) is 2.66. The van der Waals surface area contributed by atoms with Gasteiger partial charge in [0.15, 0.2) is 0 Å². The number of carbonyl (C=O) groups excluding carboxylic acids is 1. The number of ether oxygens (including phenoxy) is 3. The SMILES string of the molecule is COc1ccc(OC)c(CC(=O)N2CCCc3cccc(OC)c32)c1. The molecule has 0 saturated carbocycles. The molecule has 2 aromatic rings. The summed E-state index contributed by atoms with van der Waals surface area (Å²) in [6.45, 7) is 0.693. The Hall–Kier alpha value is -2.69. The highest BCUT2D eigenvalue weighted by molar-refractivity contribution is 5.97. The number of carbonyl (C=O) groups is 1. The van der Waals surface area contributed by atoms with Gasteiger partial charge in [0.2, 0.25) is 5.91 Å². The molecule has 132 valence electrons. The Balaban J connectivity index is 1.91. The number of anilines is 1. The zero-order chi connectivity index (χ0) is 17.8. The van der Waals surface area contributed by atoms with Gasteiger partial charge in [-0.05, 0) is 42.7 Å². The van der Waals surface area contributed by atoms with Crippen LogP contribution in [-0.2, 0) is 17.6 Å². The predicted molar refractivity (Wildman–Crippen MR) is 96.9 cm³/mol. The number of nitrogens with zero attached hydrogens (tertiary/aromatic N) is 1. The molecule has 0 bridgehead atoms. The van der Waals surface area contributed by atoms with Gasteiger partial charge in [0.25, 0.3) is 0 Å². The van der Waals surface area contributed by atoms with E-state index in [2.05, 4.69) is 6.07 Å². The molecule has 1 aliphatic rings. The van der Waals surface area contributed by atoms with Crippen LogP contribution in [0, 0.1) is 0 Å². The number of benzene rings is 2. The Morgan fingerprint density at radius 3 is 2.56 bits per heavy atom. The Bertz CT molecular complexity index is 758. The maximum atomic E-state index is 13.0. The van der Waals surface area contributed by atoms with Crippen LogP contribution in [0.1, 0.15) is 17.5 Å². The van der Waals surface area contributed by atoms with Crippen molar-refractivity contribution >= 4 is 11.6 Å². The van der Waals surface area contributed by atoms with Crippen molar-refractivity contribution in [1.29, 1.82) is 0 Å². The number of hydrogen-bond donors (Lipinski definition) is 0. The largest absolute Gasteiger partial charge is 0.497 e. The molecule has 0 spiro atoms. The smallest absolute Gasteiger partial charge is 0.231 e. The Morgan fingerprint density at radius 1 is 1.04 bits per heavy atom. The second kappa shape index (κ2) is 7.47. The average molecular weight is 341 g/mol. The standard InChI is InChI=1S/C20H23NO4/c1-23-16-9-10-17(24-2)15(12-16)13-19(22)21-11-5-7-14-6-4-8-18(25-3)20(14)21/h4,6,8-10,12H,5,7,11,13H2,1-3H3. The van der Waals surface area contributed by atoms with E-state index in [0.29, 0.717) is 18.0 Å². The molecule has 0 atom stereocenters. The normalized spacial score (nSPS) is 13.2. The van der Waals surface area contributed by atoms with Crippen LogP contribution in [0.4, 0.5) is 5.69 Å². The van der Waals surface area contributed by atoms with Gasteiger partial charge in [-0.15, -0.1) is 0 Å². The van der Waals surface area contributed by atoms with Crippen molar-refractivity contribution in [3.63, 3.8) is 0 Å². The number of aryl methyl sites for hydroxylation is 1. The molecule has 0 unspecified atom stereocenters. The monoisotopic (exact) mass is 341 g/mol. The van der Waals surface area contributed by atoms with Gasteiger partial charge in [-0.2, -0.15) is 0 Å². The van der Waals surface area contributed by atoms with Crippen molar-refractivity contribution in [3.8, 4) is 17.2 Å². The first-order chi connectivity index (χ1) is 12.2. The van der Waals surface area contributed by atoms with Crippen molar-refractivity contribution in [3.05, 3.63) is 47.5 Å². The quantitative estimate of drug-likeness (QED) is 0.838. The van der Waals surface area contributed by atoms with Gasteiger partial charge in [-0.1, -0.05) is 12.1 Å². The van der Waals surface area contributed by atoms with E-state index in [-0.39, 0.29) is 12.3 Å². The van der Waals surface area contributed by atoms with Gasteiger partial charge < -0.3 is 19.1 Å². The zero-order valence-electron chi connectivity index (χ0n) is 14.9. The summed E-state index contributed by atoms with van der Waals surface area (Å²) in [5.41, 5.74) is 2.86. The molecule has 5 heteroatoms. The zero-order valence-corrected chi connectivity index (χ0v) is 14.9. The third-order valence-corrected chi connectivity index (χ3v) is 4.53. The van der Waals surface area contributed by atoms with Crippen LogP contribution in [0.5, 0.6) is 17.2 Å². The lowest BCUT2D eigenvalue weighted by Crippen LogP contribution is -2.36. The number of methoxy groups -OCH3 is 3. The van der Waals surface area contributed by atoms with Crippen LogP contribution in [0.25, 0.3) is 0 Å². The third kappa shape index (κ3) is 3.40. The van der Waals surface area contributed by atoms with Gasteiger partial charge in [0.05, 0.1) is 33.4 Å². The van der Waals surface area contributed by atoms with Crippen molar-refractivity contribution in [2.75, 3.05) is 32.8 Å². The molecule has 0 aliphatic carbocycles. The van der Waals surface area contributed by atoms with Crippen molar-refractivity contribution in [2.24, 2.45) is 0 Å². The summed E-state index contributed by atoms with van der Waals surface area (Å²) in [7, 11) is 4.85. The van der Waals surface area contributed by atoms with Crippen molar-refractivity contribution in [2.45, 2.75) is 19.3 Å². The highest BCUT2D eigenvalue weighted by atomic mass is 16.5. The number of para-hydroxylation sites is 1. The van der Waals surface area contributed by atoms with Crippen molar-refractivity contribution in [1.82, 2.24) is 0 Å². The van der Waals surface area contributed by atoms with Gasteiger partial charge in [-0.25, -0.2) is 0 Å². The van der Waals surface area contributed by atoms with Gasteiger partial charge in [0, 0.05) is 12.1 Å². The molecular formula is C20H23NO4. The number of hydrogen-bond acceptors (Lipinski definition) is 4. The first-order valence-electron chi connectivity index (χ1n) is 8.35. The fraction of sp³-hybridized carbons (Fsp3) is 0.350. The number of fused-ring (bicyclic) bond motifs is 1. The molecular weight excluding hydrogens is 318 g/mol. The summed E-state index contributed by atoms with van der Waals surface area (Å²) >= 11 is 0. The molecule has 2 aromatic carbocycles. The summed E-state index contributed by atoms with van der Waals surface area (Å²) in [4.78, 5) is 14.9. The molecule has 0 saturated heterocycles. The van der Waals surface area contributed by atoms with Gasteiger partial charge >= 0.3 is 0 Å². The van der Waals surface area contributed by atoms with E-state index in [1.165, 1.54) is 0 Å². The summed E-state index contributed by atoms with van der Waals surface area (Å²) in [6.07, 6.45) is 2.15. The van der Waals surface area contributed by atoms with Crippen LogP contribution in [0.3, 0.4) is 0 Å². The molecule has 5 nitrogen and oxygen atoms in total. The predicted octanol–water partition coefficient (Wildman–Crippen LogP) is 3.23. The fourth-order valence-corrected chi connectivity index (χ4v) is 3.31. The Kier molecular flexibility index (Phi) is 5.12. The third-order valence-electron chi connectivity index (χ3n) is 4.53. The van der Waals surface area contributed by atoms with E-state index in [0.717, 1.165) is 35.4 Å². The minimum Gasteiger partial charge on any atom is -0.497 e. The van der Waals surface area contributed by atoms with Crippen LogP contribution >= 0.6 is 0 Å². The van der Waals surface area contributed by atoms with E-state index < -0.39 is 0 Å². The number of rotatable bonds is 5. The van der Waals surface area contributed by atoms with E-state index in [4.69, 9.17) is 14.2 Å². The fourth-order valence-electron chi connectivity index (χ4n) is 3.31. The van der Waals surface area contributed by atoms with Crippen LogP contribution in [-0.4, -0.2) is 33.8 Å². The highest BCUT2D eigenvalue weighted by Gasteiger charge is 2.26. The lowest BCUT2D eigenvalue weighted by molar-refractivity contribution is -0.118. The summed E-state index contributed by atoms with van der Waals surface area (Å²) in [5.74, 6) is 2.16. The van der Waals surface area contributed by atoms with Crippen molar-refractivity contribution < 1.29 is 19.0 Å². The Morgan fingerprint density at radius 2 is 1.84 bits per heavy atom. The maximum Gasteiger partial charge on any atom is 0.231 e. The molecule has 1 heterocycles. The lowest BCUT2D eigenvalue weighted by Gasteiger charge is -2.31. The second-order valence-corrected chi connectivity index (χ2v) is 5.97. The summed E-state index contributed by atoms with van der Waals surface area (Å²) < 4.78 is 16.2. The van der Waals surface area contributed by atoms with Crippen LogP contribution in [0.15, 0.2) is 36.4 Å². The molecule has 3 rings (SSSR count). The van der Waals surface area contributed by atoms with E-state index >= 15 is 0 Å². The van der Waals surface area contributed by atoms with Gasteiger partial charge in [-0.3, -0.25) is 4.79 Å². The molecule has 0 radical (unpaired) electrons. The molecule has 1 amide bonds.